The van der Waals surface area contributed by atoms with Crippen molar-refractivity contribution in [2.24, 2.45) is 5.73 Å². The van der Waals surface area contributed by atoms with Crippen LogP contribution in [0, 0.1) is 0 Å². The molecule has 1 atom stereocenters. The van der Waals surface area contributed by atoms with E-state index < -0.39 is 24.5 Å². The molecular weight excluding hydrogens is 410 g/mol. The van der Waals surface area contributed by atoms with Crippen LogP contribution >= 0.6 is 0 Å². The molecule has 1 rings (SSSR count). The lowest BCUT2D eigenvalue weighted by Gasteiger charge is -2.14. The van der Waals surface area contributed by atoms with Crippen molar-refractivity contribution in [1.82, 2.24) is 0 Å². The molecule has 0 unspecified atom stereocenters. The van der Waals surface area contributed by atoms with Crippen molar-refractivity contribution in [2.45, 2.75) is 12.5 Å². The van der Waals surface area contributed by atoms with Gasteiger partial charge in [-0.05, 0) is 24.1 Å². The third-order valence-corrected chi connectivity index (χ3v) is 3.26. The maximum absolute atomic E-state index is 11.8. The van der Waals surface area contributed by atoms with Gasteiger partial charge in [0.1, 0.15) is 26.4 Å². The van der Waals surface area contributed by atoms with E-state index in [1.807, 2.05) is 0 Å². The molecule has 0 fully saturated rings. The summed E-state index contributed by atoms with van der Waals surface area (Å²) in [5.41, 5.74) is 6.57. The van der Waals surface area contributed by atoms with Crippen molar-refractivity contribution in [3.05, 3.63) is 61.7 Å². The van der Waals surface area contributed by atoms with Gasteiger partial charge in [-0.25, -0.2) is 14.4 Å². The molecule has 0 aliphatic heterocycles. The third kappa shape index (κ3) is 10.5. The summed E-state index contributed by atoms with van der Waals surface area (Å²) < 4.78 is 29.2. The lowest BCUT2D eigenvalue weighted by Crippen LogP contribution is -2.30. The van der Waals surface area contributed by atoms with Crippen LogP contribution in [0.15, 0.2) is 56.2 Å². The number of nitrogens with two attached hydrogens (primary N) is 1. The molecule has 0 heterocycles. The van der Waals surface area contributed by atoms with Crippen LogP contribution in [0.5, 0.6) is 11.5 Å². The SMILES string of the molecule is C=CCOC(=O)OC[C@@H](N)Cc1ccc(OC(=O)OCC=C)c(OC(=O)OCC=C)c1. The van der Waals surface area contributed by atoms with Crippen LogP contribution in [0.25, 0.3) is 0 Å². The molecule has 1 aromatic rings. The van der Waals surface area contributed by atoms with Crippen LogP contribution in [-0.2, 0) is 25.4 Å². The van der Waals surface area contributed by atoms with E-state index in [9.17, 15) is 14.4 Å². The summed E-state index contributed by atoms with van der Waals surface area (Å²) in [6, 6.07) is 3.84. The smallest absolute Gasteiger partial charge is 0.433 e. The molecule has 168 valence electrons. The molecule has 0 aliphatic carbocycles. The van der Waals surface area contributed by atoms with E-state index in [1.54, 1.807) is 6.07 Å². The van der Waals surface area contributed by atoms with Crippen molar-refractivity contribution in [2.75, 3.05) is 26.4 Å². The summed E-state index contributed by atoms with van der Waals surface area (Å²) in [6.45, 7) is 10.1. The van der Waals surface area contributed by atoms with Gasteiger partial charge in [0.2, 0.25) is 0 Å². The van der Waals surface area contributed by atoms with Crippen LogP contribution in [0.2, 0.25) is 0 Å². The number of benzene rings is 1. The molecular formula is C21H25NO9. The Labute approximate surface area is 179 Å². The molecule has 1 aromatic carbocycles. The maximum atomic E-state index is 11.8. The molecule has 0 saturated carbocycles. The normalized spacial score (nSPS) is 10.7. The molecule has 10 nitrogen and oxygen atoms in total. The average Bonchev–Trinajstić information content (AvgIpc) is 2.75. The fourth-order valence-corrected chi connectivity index (χ4v) is 2.04. The molecule has 0 spiro atoms. The monoisotopic (exact) mass is 435 g/mol. The van der Waals surface area contributed by atoms with E-state index >= 15 is 0 Å². The van der Waals surface area contributed by atoms with Crippen LogP contribution in [-0.4, -0.2) is 50.9 Å². The van der Waals surface area contributed by atoms with Crippen molar-refractivity contribution in [1.29, 1.82) is 0 Å². The second kappa shape index (κ2) is 14.2. The second-order valence-electron chi connectivity index (χ2n) is 5.81. The Hall–Kier alpha value is -3.79. The number of carbonyl (C=O) groups excluding carboxylic acids is 3. The van der Waals surface area contributed by atoms with E-state index in [-0.39, 0.29) is 44.3 Å². The van der Waals surface area contributed by atoms with Gasteiger partial charge in [0.25, 0.3) is 0 Å². The highest BCUT2D eigenvalue weighted by molar-refractivity contribution is 5.69. The van der Waals surface area contributed by atoms with Gasteiger partial charge < -0.3 is 34.2 Å². The van der Waals surface area contributed by atoms with E-state index in [0.717, 1.165) is 0 Å². The van der Waals surface area contributed by atoms with Gasteiger partial charge in [-0.3, -0.25) is 0 Å². The van der Waals surface area contributed by atoms with Gasteiger partial charge in [-0.2, -0.15) is 0 Å². The predicted octanol–water partition coefficient (Wildman–Crippen LogP) is 3.30. The van der Waals surface area contributed by atoms with Gasteiger partial charge in [-0.1, -0.05) is 44.0 Å². The number of hydrogen-bond acceptors (Lipinski definition) is 10. The highest BCUT2D eigenvalue weighted by atomic mass is 16.7. The molecule has 0 bridgehead atoms. The van der Waals surface area contributed by atoms with Crippen molar-refractivity contribution < 1.29 is 42.8 Å². The Morgan fingerprint density at radius 3 is 1.87 bits per heavy atom. The van der Waals surface area contributed by atoms with E-state index in [0.29, 0.717) is 5.56 Å². The standard InChI is InChI=1S/C21H25NO9/c1-4-9-26-19(23)29-14-16(22)12-15-7-8-17(30-20(24)27-10-5-2)18(13-15)31-21(25)28-11-6-3/h4-8,13,16H,1-3,9-12,14,22H2/t16-/m0/s1. The Balaban J connectivity index is 2.84. The quantitative estimate of drug-likeness (QED) is 0.226. The molecule has 0 aliphatic rings. The maximum Gasteiger partial charge on any atom is 0.514 e. The van der Waals surface area contributed by atoms with E-state index in [4.69, 9.17) is 29.4 Å². The fraction of sp³-hybridized carbons (Fsp3) is 0.286. The van der Waals surface area contributed by atoms with Gasteiger partial charge >= 0.3 is 18.5 Å². The topological polar surface area (TPSA) is 133 Å². The minimum absolute atomic E-state index is 0.0212. The van der Waals surface area contributed by atoms with E-state index in [1.165, 1.54) is 30.4 Å². The summed E-state index contributed by atoms with van der Waals surface area (Å²) in [5.74, 6) is -0.174. The fourth-order valence-electron chi connectivity index (χ4n) is 2.04. The predicted molar refractivity (Wildman–Crippen MR) is 110 cm³/mol. The van der Waals surface area contributed by atoms with Gasteiger partial charge in [-0.15, -0.1) is 0 Å². The summed E-state index contributed by atoms with van der Waals surface area (Å²) in [4.78, 5) is 34.9. The van der Waals surface area contributed by atoms with Gasteiger partial charge in [0, 0.05) is 6.04 Å². The van der Waals surface area contributed by atoms with Crippen LogP contribution in [0.4, 0.5) is 14.4 Å². The zero-order valence-corrected chi connectivity index (χ0v) is 16.9. The first-order valence-corrected chi connectivity index (χ1v) is 9.09. The lowest BCUT2D eigenvalue weighted by atomic mass is 10.1. The first kappa shape index (κ1) is 25.2. The summed E-state index contributed by atoms with van der Waals surface area (Å²) in [7, 11) is 0. The number of hydrogen-bond donors (Lipinski definition) is 1. The molecule has 0 radical (unpaired) electrons. The second-order valence-corrected chi connectivity index (χ2v) is 5.81. The lowest BCUT2D eigenvalue weighted by molar-refractivity contribution is 0.0589. The Kier molecular flexibility index (Phi) is 11.6. The molecule has 0 saturated heterocycles. The van der Waals surface area contributed by atoms with Crippen LogP contribution in [0.1, 0.15) is 5.56 Å². The zero-order valence-electron chi connectivity index (χ0n) is 16.9. The Morgan fingerprint density at radius 1 is 0.806 bits per heavy atom. The highest BCUT2D eigenvalue weighted by Gasteiger charge is 2.17. The molecule has 0 amide bonds. The van der Waals surface area contributed by atoms with Crippen molar-refractivity contribution in [3.63, 3.8) is 0 Å². The zero-order chi connectivity index (χ0) is 23.1. The van der Waals surface area contributed by atoms with Gasteiger partial charge in [0.15, 0.2) is 11.5 Å². The molecule has 0 aromatic heterocycles. The first-order chi connectivity index (χ1) is 14.9. The van der Waals surface area contributed by atoms with Crippen LogP contribution in [0.3, 0.4) is 0 Å². The van der Waals surface area contributed by atoms with Crippen molar-refractivity contribution >= 4 is 18.5 Å². The third-order valence-electron chi connectivity index (χ3n) is 3.26. The largest absolute Gasteiger partial charge is 0.514 e. The number of ether oxygens (including phenoxy) is 6. The first-order valence-electron chi connectivity index (χ1n) is 9.09. The van der Waals surface area contributed by atoms with Gasteiger partial charge in [0.05, 0.1) is 0 Å². The Bertz CT molecular complexity index is 791. The summed E-state index contributed by atoms with van der Waals surface area (Å²) in [5, 5.41) is 0. The summed E-state index contributed by atoms with van der Waals surface area (Å²) >= 11 is 0. The minimum Gasteiger partial charge on any atom is -0.433 e. The molecule has 2 N–H and O–H groups in total. The number of carbonyl (C=O) groups is 3. The Morgan fingerprint density at radius 2 is 1.32 bits per heavy atom. The number of rotatable bonds is 12. The summed E-state index contributed by atoms with van der Waals surface area (Å²) in [6.07, 6.45) is 1.46. The van der Waals surface area contributed by atoms with Crippen LogP contribution < -0.4 is 15.2 Å². The van der Waals surface area contributed by atoms with Crippen molar-refractivity contribution in [3.8, 4) is 11.5 Å². The molecule has 10 heteroatoms. The highest BCUT2D eigenvalue weighted by Crippen LogP contribution is 2.30. The minimum atomic E-state index is -1.03. The van der Waals surface area contributed by atoms with E-state index in [2.05, 4.69) is 24.5 Å². The average molecular weight is 435 g/mol. The molecule has 31 heavy (non-hydrogen) atoms.